The van der Waals surface area contributed by atoms with E-state index in [0.29, 0.717) is 11.6 Å². The molecule has 0 bridgehead atoms. The molecule has 1 aromatic carbocycles. The molecule has 0 aromatic heterocycles. The number of nitro groups is 1. The molecule has 5 heteroatoms. The Morgan fingerprint density at radius 1 is 1.53 bits per heavy atom. The molecule has 104 valence electrons. The highest BCUT2D eigenvalue weighted by Gasteiger charge is 2.25. The first-order chi connectivity index (χ1) is 9.11. The number of hydrogen-bond donors (Lipinski definition) is 1. The second-order valence-electron chi connectivity index (χ2n) is 5.22. The minimum Gasteiger partial charge on any atom is -0.396 e. The van der Waals surface area contributed by atoms with Crippen LogP contribution in [0.5, 0.6) is 0 Å². The number of nitro benzene ring substituents is 1. The molecular weight excluding hydrogens is 244 g/mol. The lowest BCUT2D eigenvalue weighted by molar-refractivity contribution is -0.384. The van der Waals surface area contributed by atoms with Crippen LogP contribution in [0.2, 0.25) is 0 Å². The maximum atomic E-state index is 11.1. The van der Waals surface area contributed by atoms with Crippen molar-refractivity contribution < 1.29 is 10.0 Å². The SMILES string of the molecule is Cc1ccc([N+](=O)[O-])c(N2CCCC(CCO)C2)c1. The molecule has 1 fully saturated rings. The van der Waals surface area contributed by atoms with Crippen LogP contribution in [0.15, 0.2) is 18.2 Å². The van der Waals surface area contributed by atoms with Gasteiger partial charge in [-0.2, -0.15) is 0 Å². The van der Waals surface area contributed by atoms with Gasteiger partial charge in [0.05, 0.1) is 4.92 Å². The summed E-state index contributed by atoms with van der Waals surface area (Å²) in [6.45, 7) is 3.79. The second kappa shape index (κ2) is 6.02. The van der Waals surface area contributed by atoms with E-state index in [-0.39, 0.29) is 17.2 Å². The summed E-state index contributed by atoms with van der Waals surface area (Å²) in [4.78, 5) is 12.9. The van der Waals surface area contributed by atoms with Crippen molar-refractivity contribution in [1.82, 2.24) is 0 Å². The summed E-state index contributed by atoms with van der Waals surface area (Å²) in [5, 5.41) is 20.2. The fourth-order valence-electron chi connectivity index (χ4n) is 2.74. The molecule has 2 rings (SSSR count). The van der Waals surface area contributed by atoms with Gasteiger partial charge in [0.15, 0.2) is 0 Å². The van der Waals surface area contributed by atoms with Crippen molar-refractivity contribution in [3.05, 3.63) is 33.9 Å². The Labute approximate surface area is 113 Å². The van der Waals surface area contributed by atoms with E-state index in [1.54, 1.807) is 12.1 Å². The first kappa shape index (κ1) is 13.8. The quantitative estimate of drug-likeness (QED) is 0.670. The number of rotatable bonds is 4. The maximum Gasteiger partial charge on any atom is 0.292 e. The van der Waals surface area contributed by atoms with E-state index in [1.807, 2.05) is 13.0 Å². The first-order valence-electron chi connectivity index (χ1n) is 6.72. The van der Waals surface area contributed by atoms with Gasteiger partial charge in [-0.1, -0.05) is 6.07 Å². The van der Waals surface area contributed by atoms with Gasteiger partial charge in [0, 0.05) is 25.8 Å². The van der Waals surface area contributed by atoms with Gasteiger partial charge in [0.2, 0.25) is 0 Å². The van der Waals surface area contributed by atoms with Crippen LogP contribution in [0.4, 0.5) is 11.4 Å². The minimum absolute atomic E-state index is 0.176. The zero-order valence-corrected chi connectivity index (χ0v) is 11.2. The molecule has 1 saturated heterocycles. The Morgan fingerprint density at radius 2 is 2.32 bits per heavy atom. The standard InChI is InChI=1S/C14H20N2O3/c1-11-4-5-13(16(18)19)14(9-11)15-7-2-3-12(10-15)6-8-17/h4-5,9,12,17H,2-3,6-8,10H2,1H3. The molecule has 1 N–H and O–H groups in total. The Balaban J connectivity index is 2.24. The van der Waals surface area contributed by atoms with E-state index in [2.05, 4.69) is 4.90 Å². The first-order valence-corrected chi connectivity index (χ1v) is 6.72. The number of hydrogen-bond acceptors (Lipinski definition) is 4. The molecular formula is C14H20N2O3. The van der Waals surface area contributed by atoms with E-state index in [1.165, 1.54) is 0 Å². The average Bonchev–Trinajstić information content (AvgIpc) is 2.39. The molecule has 5 nitrogen and oxygen atoms in total. The van der Waals surface area contributed by atoms with Gasteiger partial charge in [-0.25, -0.2) is 0 Å². The molecule has 19 heavy (non-hydrogen) atoms. The van der Waals surface area contributed by atoms with Crippen molar-refractivity contribution in [1.29, 1.82) is 0 Å². The lowest BCUT2D eigenvalue weighted by Gasteiger charge is -2.34. The summed E-state index contributed by atoms with van der Waals surface area (Å²) in [7, 11) is 0. The number of aryl methyl sites for hydroxylation is 1. The van der Waals surface area contributed by atoms with Crippen molar-refractivity contribution in [2.45, 2.75) is 26.2 Å². The maximum absolute atomic E-state index is 11.1. The third kappa shape index (κ3) is 3.23. The van der Waals surface area contributed by atoms with Crippen molar-refractivity contribution >= 4 is 11.4 Å². The van der Waals surface area contributed by atoms with Crippen LogP contribution in [0, 0.1) is 23.0 Å². The van der Waals surface area contributed by atoms with Crippen molar-refractivity contribution in [2.24, 2.45) is 5.92 Å². The third-order valence-corrected chi connectivity index (χ3v) is 3.72. The highest BCUT2D eigenvalue weighted by atomic mass is 16.6. The predicted octanol–water partition coefficient (Wildman–Crippen LogP) is 2.50. The molecule has 1 aromatic rings. The third-order valence-electron chi connectivity index (χ3n) is 3.72. The Morgan fingerprint density at radius 3 is 3.00 bits per heavy atom. The second-order valence-corrected chi connectivity index (χ2v) is 5.22. The van der Waals surface area contributed by atoms with E-state index >= 15 is 0 Å². The summed E-state index contributed by atoms with van der Waals surface area (Å²) in [5.74, 6) is 0.430. The molecule has 1 heterocycles. The Hall–Kier alpha value is -1.62. The highest BCUT2D eigenvalue weighted by Crippen LogP contribution is 2.32. The lowest BCUT2D eigenvalue weighted by atomic mass is 9.94. The summed E-state index contributed by atoms with van der Waals surface area (Å²) in [5.41, 5.74) is 1.92. The number of aliphatic hydroxyl groups excluding tert-OH is 1. The summed E-state index contributed by atoms with van der Waals surface area (Å²) < 4.78 is 0. The lowest BCUT2D eigenvalue weighted by Crippen LogP contribution is -2.36. The smallest absolute Gasteiger partial charge is 0.292 e. The Kier molecular flexibility index (Phi) is 4.37. The summed E-state index contributed by atoms with van der Waals surface area (Å²) in [6.07, 6.45) is 2.89. The van der Waals surface area contributed by atoms with Crippen LogP contribution in [-0.4, -0.2) is 29.7 Å². The van der Waals surface area contributed by atoms with Crippen LogP contribution in [0.3, 0.4) is 0 Å². The predicted molar refractivity (Wildman–Crippen MR) is 74.5 cm³/mol. The van der Waals surface area contributed by atoms with Crippen LogP contribution < -0.4 is 4.90 Å². The van der Waals surface area contributed by atoms with Crippen LogP contribution in [0.1, 0.15) is 24.8 Å². The molecule has 0 aliphatic carbocycles. The number of nitrogens with zero attached hydrogens (tertiary/aromatic N) is 2. The molecule has 1 aliphatic rings. The zero-order chi connectivity index (χ0) is 13.8. The van der Waals surface area contributed by atoms with Crippen molar-refractivity contribution in [3.8, 4) is 0 Å². The monoisotopic (exact) mass is 264 g/mol. The molecule has 0 radical (unpaired) electrons. The van der Waals surface area contributed by atoms with Crippen molar-refractivity contribution in [2.75, 3.05) is 24.6 Å². The van der Waals surface area contributed by atoms with E-state index < -0.39 is 0 Å². The molecule has 0 saturated carbocycles. The molecule has 0 spiro atoms. The van der Waals surface area contributed by atoms with Gasteiger partial charge in [0.25, 0.3) is 5.69 Å². The fraction of sp³-hybridized carbons (Fsp3) is 0.571. The molecule has 0 amide bonds. The fourth-order valence-corrected chi connectivity index (χ4v) is 2.74. The highest BCUT2D eigenvalue weighted by molar-refractivity contribution is 5.64. The molecule has 1 atom stereocenters. The van der Waals surface area contributed by atoms with Gasteiger partial charge in [0.1, 0.15) is 5.69 Å². The van der Waals surface area contributed by atoms with Gasteiger partial charge in [-0.15, -0.1) is 0 Å². The number of piperidine rings is 1. The average molecular weight is 264 g/mol. The largest absolute Gasteiger partial charge is 0.396 e. The molecule has 1 unspecified atom stereocenters. The number of anilines is 1. The van der Waals surface area contributed by atoms with E-state index in [9.17, 15) is 10.1 Å². The number of benzene rings is 1. The van der Waals surface area contributed by atoms with Gasteiger partial charge in [-0.05, 0) is 43.7 Å². The topological polar surface area (TPSA) is 66.6 Å². The van der Waals surface area contributed by atoms with E-state index in [4.69, 9.17) is 5.11 Å². The zero-order valence-electron chi connectivity index (χ0n) is 11.2. The summed E-state index contributed by atoms with van der Waals surface area (Å²) in [6, 6.07) is 5.25. The summed E-state index contributed by atoms with van der Waals surface area (Å²) >= 11 is 0. The van der Waals surface area contributed by atoms with Gasteiger partial charge >= 0.3 is 0 Å². The van der Waals surface area contributed by atoms with Crippen LogP contribution in [-0.2, 0) is 0 Å². The van der Waals surface area contributed by atoms with Gasteiger partial charge in [-0.3, -0.25) is 10.1 Å². The van der Waals surface area contributed by atoms with Crippen molar-refractivity contribution in [3.63, 3.8) is 0 Å². The van der Waals surface area contributed by atoms with Gasteiger partial charge < -0.3 is 10.0 Å². The van der Waals surface area contributed by atoms with E-state index in [0.717, 1.165) is 37.9 Å². The normalized spacial score (nSPS) is 19.5. The van der Waals surface area contributed by atoms with Crippen LogP contribution in [0.25, 0.3) is 0 Å². The molecule has 1 aliphatic heterocycles. The number of aliphatic hydroxyl groups is 1. The minimum atomic E-state index is -0.315. The van der Waals surface area contributed by atoms with Crippen LogP contribution >= 0.6 is 0 Å². The Bertz CT molecular complexity index is 460.